The van der Waals surface area contributed by atoms with Gasteiger partial charge in [0.1, 0.15) is 6.04 Å². The van der Waals surface area contributed by atoms with Gasteiger partial charge in [0.15, 0.2) is 0 Å². The van der Waals surface area contributed by atoms with Crippen molar-refractivity contribution in [1.82, 2.24) is 9.80 Å². The number of benzene rings is 1. The molecule has 4 heteroatoms. The van der Waals surface area contributed by atoms with Gasteiger partial charge in [0.05, 0.1) is 0 Å². The van der Waals surface area contributed by atoms with E-state index in [4.69, 9.17) is 5.73 Å². The second kappa shape index (κ2) is 5.29. The van der Waals surface area contributed by atoms with Crippen LogP contribution >= 0.6 is 0 Å². The number of hydrogen-bond donors (Lipinski definition) is 1. The van der Waals surface area contributed by atoms with Gasteiger partial charge in [-0.25, -0.2) is 0 Å². The average Bonchev–Trinajstić information content (AvgIpc) is 2.39. The van der Waals surface area contributed by atoms with Crippen LogP contribution in [0.25, 0.3) is 0 Å². The maximum Gasteiger partial charge on any atom is 0.244 e. The topological polar surface area (TPSA) is 49.6 Å². The molecule has 2 N–H and O–H groups in total. The Bertz CT molecular complexity index is 372. The molecule has 92 valence electrons. The summed E-state index contributed by atoms with van der Waals surface area (Å²) in [5, 5.41) is 0. The highest BCUT2D eigenvalue weighted by Crippen LogP contribution is 2.13. The van der Waals surface area contributed by atoms with Gasteiger partial charge in [0.2, 0.25) is 5.91 Å². The summed E-state index contributed by atoms with van der Waals surface area (Å²) in [7, 11) is 2.07. The number of amides is 1. The molecule has 1 atom stereocenters. The predicted octanol–water partition coefficient (Wildman–Crippen LogP) is 0.460. The van der Waals surface area contributed by atoms with Gasteiger partial charge < -0.3 is 15.5 Å². The van der Waals surface area contributed by atoms with E-state index in [-0.39, 0.29) is 5.91 Å². The number of hydrogen-bond acceptors (Lipinski definition) is 3. The van der Waals surface area contributed by atoms with E-state index in [9.17, 15) is 4.79 Å². The van der Waals surface area contributed by atoms with Gasteiger partial charge in [-0.1, -0.05) is 30.3 Å². The highest BCUT2D eigenvalue weighted by molar-refractivity contribution is 5.83. The van der Waals surface area contributed by atoms with E-state index < -0.39 is 6.04 Å². The SMILES string of the molecule is CN1CCN(C(=O)[C@H](N)c2ccccc2)CC1. The molecule has 2 rings (SSSR count). The zero-order valence-corrected chi connectivity index (χ0v) is 10.2. The van der Waals surface area contributed by atoms with Crippen LogP contribution in [0.2, 0.25) is 0 Å². The van der Waals surface area contributed by atoms with Crippen molar-refractivity contribution >= 4 is 5.91 Å². The fraction of sp³-hybridized carbons (Fsp3) is 0.462. The Labute approximate surface area is 102 Å². The Morgan fingerprint density at radius 3 is 2.35 bits per heavy atom. The number of rotatable bonds is 2. The monoisotopic (exact) mass is 233 g/mol. The van der Waals surface area contributed by atoms with Crippen LogP contribution in [0.1, 0.15) is 11.6 Å². The van der Waals surface area contributed by atoms with Crippen LogP contribution in [-0.4, -0.2) is 48.9 Å². The molecule has 0 aliphatic carbocycles. The first-order valence-corrected chi connectivity index (χ1v) is 5.96. The van der Waals surface area contributed by atoms with Crippen LogP contribution in [0.4, 0.5) is 0 Å². The molecular formula is C13H19N3O. The predicted molar refractivity (Wildman–Crippen MR) is 67.4 cm³/mol. The average molecular weight is 233 g/mol. The molecule has 1 aliphatic rings. The van der Waals surface area contributed by atoms with Crippen molar-refractivity contribution in [1.29, 1.82) is 0 Å². The van der Waals surface area contributed by atoms with Gasteiger partial charge >= 0.3 is 0 Å². The molecule has 0 bridgehead atoms. The largest absolute Gasteiger partial charge is 0.338 e. The third kappa shape index (κ3) is 2.84. The Hall–Kier alpha value is -1.39. The van der Waals surface area contributed by atoms with Crippen LogP contribution in [-0.2, 0) is 4.79 Å². The first kappa shape index (κ1) is 12.1. The molecule has 0 saturated carbocycles. The lowest BCUT2D eigenvalue weighted by Gasteiger charge is -2.33. The maximum absolute atomic E-state index is 12.2. The number of nitrogens with two attached hydrogens (primary N) is 1. The lowest BCUT2D eigenvalue weighted by molar-refractivity contribution is -0.134. The van der Waals surface area contributed by atoms with Crippen LogP contribution in [0.15, 0.2) is 30.3 Å². The second-order valence-electron chi connectivity index (χ2n) is 4.52. The van der Waals surface area contributed by atoms with Crippen molar-refractivity contribution in [2.75, 3.05) is 33.2 Å². The summed E-state index contributed by atoms with van der Waals surface area (Å²) < 4.78 is 0. The summed E-state index contributed by atoms with van der Waals surface area (Å²) in [5.74, 6) is 0.0318. The molecule has 1 aliphatic heterocycles. The summed E-state index contributed by atoms with van der Waals surface area (Å²) in [4.78, 5) is 16.3. The van der Waals surface area contributed by atoms with Gasteiger partial charge in [-0.05, 0) is 12.6 Å². The van der Waals surface area contributed by atoms with E-state index in [1.807, 2.05) is 35.2 Å². The van der Waals surface area contributed by atoms with Gasteiger partial charge in [-0.3, -0.25) is 4.79 Å². The standard InChI is InChI=1S/C13H19N3O/c1-15-7-9-16(10-8-15)13(17)12(14)11-5-3-2-4-6-11/h2-6,12H,7-10,14H2,1H3/t12-/m1/s1. The van der Waals surface area contributed by atoms with Crippen molar-refractivity contribution in [2.24, 2.45) is 5.73 Å². The quantitative estimate of drug-likeness (QED) is 0.807. The minimum absolute atomic E-state index is 0.0318. The van der Waals surface area contributed by atoms with Gasteiger partial charge in [0.25, 0.3) is 0 Å². The molecule has 1 heterocycles. The number of piperazine rings is 1. The van der Waals surface area contributed by atoms with Crippen molar-refractivity contribution < 1.29 is 4.79 Å². The Balaban J connectivity index is 2.00. The minimum atomic E-state index is -0.528. The van der Waals surface area contributed by atoms with Crippen LogP contribution < -0.4 is 5.73 Å². The summed E-state index contributed by atoms with van der Waals surface area (Å²) in [6.45, 7) is 3.40. The first-order valence-electron chi connectivity index (χ1n) is 5.96. The van der Waals surface area contributed by atoms with E-state index in [0.29, 0.717) is 0 Å². The molecule has 0 aromatic heterocycles. The van der Waals surface area contributed by atoms with E-state index in [1.54, 1.807) is 0 Å². The highest BCUT2D eigenvalue weighted by atomic mass is 16.2. The maximum atomic E-state index is 12.2. The summed E-state index contributed by atoms with van der Waals surface area (Å²) in [6.07, 6.45) is 0. The molecular weight excluding hydrogens is 214 g/mol. The molecule has 1 saturated heterocycles. The van der Waals surface area contributed by atoms with E-state index in [2.05, 4.69) is 11.9 Å². The molecule has 0 spiro atoms. The Morgan fingerprint density at radius 1 is 1.18 bits per heavy atom. The van der Waals surface area contributed by atoms with Crippen LogP contribution in [0.5, 0.6) is 0 Å². The number of nitrogens with zero attached hydrogens (tertiary/aromatic N) is 2. The molecule has 1 aromatic carbocycles. The van der Waals surface area contributed by atoms with Gasteiger partial charge in [-0.15, -0.1) is 0 Å². The normalized spacial score (nSPS) is 19.1. The minimum Gasteiger partial charge on any atom is -0.338 e. The molecule has 1 amide bonds. The molecule has 17 heavy (non-hydrogen) atoms. The lowest BCUT2D eigenvalue weighted by atomic mass is 10.1. The van der Waals surface area contributed by atoms with Crippen molar-refractivity contribution in [3.05, 3.63) is 35.9 Å². The van der Waals surface area contributed by atoms with Crippen molar-refractivity contribution in [3.8, 4) is 0 Å². The zero-order chi connectivity index (χ0) is 12.3. The van der Waals surface area contributed by atoms with E-state index >= 15 is 0 Å². The summed E-state index contributed by atoms with van der Waals surface area (Å²) in [6, 6.07) is 9.02. The first-order chi connectivity index (χ1) is 8.18. The third-order valence-corrected chi connectivity index (χ3v) is 3.24. The molecule has 0 radical (unpaired) electrons. The smallest absolute Gasteiger partial charge is 0.244 e. The van der Waals surface area contributed by atoms with Crippen LogP contribution in [0, 0.1) is 0 Å². The summed E-state index contributed by atoms with van der Waals surface area (Å²) >= 11 is 0. The lowest BCUT2D eigenvalue weighted by Crippen LogP contribution is -2.49. The molecule has 1 aromatic rings. The Kier molecular flexibility index (Phi) is 3.76. The number of carbonyl (C=O) groups is 1. The van der Waals surface area contributed by atoms with Crippen molar-refractivity contribution in [3.63, 3.8) is 0 Å². The number of carbonyl (C=O) groups excluding carboxylic acids is 1. The molecule has 1 fully saturated rings. The van der Waals surface area contributed by atoms with Gasteiger partial charge in [0, 0.05) is 26.2 Å². The second-order valence-corrected chi connectivity index (χ2v) is 4.52. The van der Waals surface area contributed by atoms with Crippen LogP contribution in [0.3, 0.4) is 0 Å². The van der Waals surface area contributed by atoms with Gasteiger partial charge in [-0.2, -0.15) is 0 Å². The third-order valence-electron chi connectivity index (χ3n) is 3.24. The fourth-order valence-electron chi connectivity index (χ4n) is 2.03. The van der Waals surface area contributed by atoms with E-state index in [0.717, 1.165) is 31.7 Å². The summed E-state index contributed by atoms with van der Waals surface area (Å²) in [5.41, 5.74) is 6.88. The Morgan fingerprint density at radius 2 is 1.76 bits per heavy atom. The molecule has 4 nitrogen and oxygen atoms in total. The van der Waals surface area contributed by atoms with E-state index in [1.165, 1.54) is 0 Å². The number of likely N-dealkylation sites (N-methyl/N-ethyl adjacent to an activating group) is 1. The zero-order valence-electron chi connectivity index (χ0n) is 10.2. The molecule has 0 unspecified atom stereocenters. The van der Waals surface area contributed by atoms with Crippen molar-refractivity contribution in [2.45, 2.75) is 6.04 Å². The fourth-order valence-corrected chi connectivity index (χ4v) is 2.03. The highest BCUT2D eigenvalue weighted by Gasteiger charge is 2.24.